The Kier molecular flexibility index (Phi) is 6.15. The van der Waals surface area contributed by atoms with Gasteiger partial charge in [0.05, 0.1) is 28.5 Å². The molecule has 32 heavy (non-hydrogen) atoms. The zero-order valence-electron chi connectivity index (χ0n) is 17.3. The van der Waals surface area contributed by atoms with Gasteiger partial charge in [0.25, 0.3) is 0 Å². The molecule has 6 N–H and O–H groups in total. The number of aliphatic carboxylic acids is 2. The van der Waals surface area contributed by atoms with Crippen molar-refractivity contribution in [1.29, 1.82) is 0 Å². The summed E-state index contributed by atoms with van der Waals surface area (Å²) in [6, 6.07) is 15.2. The minimum atomic E-state index is -1.82. The van der Waals surface area contributed by atoms with Crippen molar-refractivity contribution in [3.63, 3.8) is 0 Å². The monoisotopic (exact) mass is 436 g/mol. The maximum absolute atomic E-state index is 12.1. The van der Waals surface area contributed by atoms with Crippen LogP contribution in [0.3, 0.4) is 0 Å². The van der Waals surface area contributed by atoms with Crippen LogP contribution in [0.15, 0.2) is 48.5 Å². The number of nitrogens with zero attached hydrogens (tertiary/aromatic N) is 2. The van der Waals surface area contributed by atoms with E-state index in [9.17, 15) is 19.8 Å². The van der Waals surface area contributed by atoms with Gasteiger partial charge in [0, 0.05) is 25.9 Å². The highest BCUT2D eigenvalue weighted by Gasteiger charge is 2.40. The van der Waals surface area contributed by atoms with Gasteiger partial charge < -0.3 is 20.2 Å². The smallest absolute Gasteiger partial charge is 0.339 e. The number of H-pyrrole nitrogens is 2. The summed E-state index contributed by atoms with van der Waals surface area (Å²) in [5.74, 6) is -1.12. The number of nitrogens with one attached hydrogen (secondary N) is 4. The topological polar surface area (TPSA) is 156 Å². The van der Waals surface area contributed by atoms with Crippen molar-refractivity contribution in [3.8, 4) is 0 Å². The van der Waals surface area contributed by atoms with Crippen LogP contribution in [0.25, 0.3) is 22.1 Å². The van der Waals surface area contributed by atoms with Crippen molar-refractivity contribution in [2.75, 3.05) is 13.1 Å². The third kappa shape index (κ3) is 4.76. The second-order valence-electron chi connectivity index (χ2n) is 7.54. The van der Waals surface area contributed by atoms with Gasteiger partial charge >= 0.3 is 11.9 Å². The lowest BCUT2D eigenvalue weighted by Crippen LogP contribution is -2.64. The quantitative estimate of drug-likeness (QED) is 0.194. The summed E-state index contributed by atoms with van der Waals surface area (Å²) in [6.45, 7) is 0.439. The number of fused-ring (bicyclic) bond motifs is 2. The average molecular weight is 436 g/mol. The predicted octanol–water partition coefficient (Wildman–Crippen LogP) is 1.66. The number of carbonyl (C=O) groups is 2. The second kappa shape index (κ2) is 9.16. The molecule has 166 valence electrons. The number of rotatable bonds is 11. The van der Waals surface area contributed by atoms with Crippen LogP contribution in [0.1, 0.15) is 18.1 Å². The molecule has 0 saturated carbocycles. The highest BCUT2D eigenvalue weighted by Crippen LogP contribution is 2.13. The molecule has 0 saturated heterocycles. The summed E-state index contributed by atoms with van der Waals surface area (Å²) in [5, 5.41) is 25.0. The average Bonchev–Trinajstić information content (AvgIpc) is 3.36. The summed E-state index contributed by atoms with van der Waals surface area (Å²) in [7, 11) is 0. The lowest BCUT2D eigenvalue weighted by molar-refractivity contribution is -0.153. The van der Waals surface area contributed by atoms with Gasteiger partial charge in [-0.05, 0) is 24.3 Å². The summed E-state index contributed by atoms with van der Waals surface area (Å²) in [4.78, 5) is 38.8. The Labute approximate surface area is 183 Å². The van der Waals surface area contributed by atoms with Crippen LogP contribution in [-0.4, -0.2) is 60.8 Å². The van der Waals surface area contributed by atoms with Crippen LogP contribution in [0.5, 0.6) is 0 Å². The van der Waals surface area contributed by atoms with Gasteiger partial charge in [0.15, 0.2) is 5.66 Å². The number of para-hydroxylation sites is 4. The Morgan fingerprint density at radius 3 is 1.69 bits per heavy atom. The van der Waals surface area contributed by atoms with Gasteiger partial charge in [-0.15, -0.1) is 0 Å². The number of carboxylic acid groups (broad SMARTS) is 2. The third-order valence-electron chi connectivity index (χ3n) is 5.24. The molecule has 0 atom stereocenters. The van der Waals surface area contributed by atoms with Gasteiger partial charge in [-0.2, -0.15) is 0 Å². The second-order valence-corrected chi connectivity index (χ2v) is 7.54. The molecule has 0 aliphatic carbocycles. The highest BCUT2D eigenvalue weighted by molar-refractivity contribution is 5.84. The molecule has 0 bridgehead atoms. The van der Waals surface area contributed by atoms with E-state index in [2.05, 4.69) is 30.6 Å². The lowest BCUT2D eigenvalue weighted by atomic mass is 10.1. The van der Waals surface area contributed by atoms with E-state index in [-0.39, 0.29) is 13.1 Å². The van der Waals surface area contributed by atoms with Crippen molar-refractivity contribution in [3.05, 3.63) is 60.2 Å². The van der Waals surface area contributed by atoms with Crippen LogP contribution < -0.4 is 10.6 Å². The molecule has 2 heterocycles. The number of aromatic amines is 2. The van der Waals surface area contributed by atoms with Crippen molar-refractivity contribution in [2.45, 2.75) is 24.9 Å². The van der Waals surface area contributed by atoms with Crippen LogP contribution in [-0.2, 0) is 22.4 Å². The number of benzene rings is 2. The molecule has 0 unspecified atom stereocenters. The van der Waals surface area contributed by atoms with Crippen LogP contribution >= 0.6 is 0 Å². The van der Waals surface area contributed by atoms with Crippen molar-refractivity contribution < 1.29 is 19.8 Å². The Hall–Kier alpha value is -3.76. The van der Waals surface area contributed by atoms with E-state index >= 15 is 0 Å². The van der Waals surface area contributed by atoms with E-state index in [0.29, 0.717) is 24.5 Å². The molecule has 0 aliphatic rings. The van der Waals surface area contributed by atoms with Crippen molar-refractivity contribution >= 4 is 34.0 Å². The molecule has 0 aliphatic heterocycles. The van der Waals surface area contributed by atoms with E-state index in [4.69, 9.17) is 0 Å². The molecule has 10 nitrogen and oxygen atoms in total. The molecule has 0 amide bonds. The number of hydrogen-bond acceptors (Lipinski definition) is 6. The first-order valence-corrected chi connectivity index (χ1v) is 10.3. The van der Waals surface area contributed by atoms with E-state index in [0.717, 1.165) is 22.1 Å². The van der Waals surface area contributed by atoms with E-state index in [1.165, 1.54) is 0 Å². The zero-order chi connectivity index (χ0) is 22.6. The molecule has 0 radical (unpaired) electrons. The summed E-state index contributed by atoms with van der Waals surface area (Å²) < 4.78 is 0. The molecular formula is C22H24N6O4. The molecule has 0 fully saturated rings. The fourth-order valence-electron chi connectivity index (χ4n) is 3.68. The Bertz CT molecular complexity index is 1100. The van der Waals surface area contributed by atoms with Crippen LogP contribution in [0, 0.1) is 0 Å². The fraction of sp³-hybridized carbons (Fsp3) is 0.273. The number of imidazole rings is 2. The molecule has 4 rings (SSSR count). The summed E-state index contributed by atoms with van der Waals surface area (Å²) in [6.07, 6.45) is 0.200. The van der Waals surface area contributed by atoms with Gasteiger partial charge in [-0.1, -0.05) is 24.3 Å². The molecule has 2 aromatic carbocycles. The van der Waals surface area contributed by atoms with E-state index < -0.39 is 24.0 Å². The number of aromatic nitrogens is 4. The van der Waals surface area contributed by atoms with Gasteiger partial charge in [-0.25, -0.2) is 14.8 Å². The SMILES string of the molecule is O=C(O)CC(NCCc1nc2ccccc2[nH]1)(NCCc1nc2ccccc2[nH]1)C(=O)O. The van der Waals surface area contributed by atoms with Gasteiger partial charge in [0.2, 0.25) is 0 Å². The van der Waals surface area contributed by atoms with Crippen molar-refractivity contribution in [1.82, 2.24) is 30.6 Å². The van der Waals surface area contributed by atoms with Gasteiger partial charge in [0.1, 0.15) is 11.6 Å². The van der Waals surface area contributed by atoms with Crippen molar-refractivity contribution in [2.24, 2.45) is 0 Å². The summed E-state index contributed by atoms with van der Waals surface area (Å²) in [5.41, 5.74) is 1.61. The first-order valence-electron chi connectivity index (χ1n) is 10.3. The number of carboxylic acids is 2. The lowest BCUT2D eigenvalue weighted by Gasteiger charge is -2.30. The standard InChI is InChI=1S/C22H24N6O4/c29-20(30)13-22(21(31)32,23-11-9-18-25-14-5-1-2-6-15(14)26-18)24-12-10-19-27-16-7-3-4-8-17(16)28-19/h1-8,23-24H,9-13H2,(H,25,26)(H,27,28)(H,29,30)(H,31,32). The maximum atomic E-state index is 12.1. The minimum Gasteiger partial charge on any atom is -0.481 e. The summed E-state index contributed by atoms with van der Waals surface area (Å²) >= 11 is 0. The molecule has 2 aromatic heterocycles. The molecular weight excluding hydrogens is 412 g/mol. The van der Waals surface area contributed by atoms with Crippen LogP contribution in [0.4, 0.5) is 0 Å². The van der Waals surface area contributed by atoms with E-state index in [1.54, 1.807) is 0 Å². The third-order valence-corrected chi connectivity index (χ3v) is 5.24. The maximum Gasteiger partial charge on any atom is 0.339 e. The minimum absolute atomic E-state index is 0.219. The largest absolute Gasteiger partial charge is 0.481 e. The Balaban J connectivity index is 1.41. The van der Waals surface area contributed by atoms with Gasteiger partial charge in [-0.3, -0.25) is 15.4 Å². The molecule has 4 aromatic rings. The van der Waals surface area contributed by atoms with Crippen LogP contribution in [0.2, 0.25) is 0 Å². The Morgan fingerprint density at radius 1 is 0.812 bits per heavy atom. The zero-order valence-corrected chi connectivity index (χ0v) is 17.3. The fourth-order valence-corrected chi connectivity index (χ4v) is 3.68. The first-order chi connectivity index (χ1) is 15.4. The van der Waals surface area contributed by atoms with E-state index in [1.807, 2.05) is 48.5 Å². The number of hydrogen-bond donors (Lipinski definition) is 6. The molecule has 10 heteroatoms. The molecule has 0 spiro atoms. The normalized spacial score (nSPS) is 11.9. The predicted molar refractivity (Wildman–Crippen MR) is 118 cm³/mol. The Morgan fingerprint density at radius 2 is 1.28 bits per heavy atom. The first kappa shape index (κ1) is 21.5. The highest BCUT2D eigenvalue weighted by atomic mass is 16.4.